The Hall–Kier alpha value is -1.55. The molecule has 0 radical (unpaired) electrons. The Kier molecular flexibility index (Phi) is 6.82. The summed E-state index contributed by atoms with van der Waals surface area (Å²) in [5.74, 6) is 6.04. The highest BCUT2D eigenvalue weighted by atomic mass is 15.3. The van der Waals surface area contributed by atoms with E-state index in [2.05, 4.69) is 22.7 Å². The van der Waals surface area contributed by atoms with E-state index in [0.717, 1.165) is 18.7 Å². The van der Waals surface area contributed by atoms with Gasteiger partial charge in [0.25, 0.3) is 0 Å². The topological polar surface area (TPSA) is 62.4 Å². The van der Waals surface area contributed by atoms with E-state index in [4.69, 9.17) is 5.84 Å². The number of benzene rings is 1. The summed E-state index contributed by atoms with van der Waals surface area (Å²) in [4.78, 5) is 4.38. The van der Waals surface area contributed by atoms with E-state index >= 15 is 0 Å². The maximum atomic E-state index is 5.42. The van der Waals surface area contributed by atoms with Gasteiger partial charge in [-0.05, 0) is 18.6 Å². The van der Waals surface area contributed by atoms with Crippen molar-refractivity contribution in [2.75, 3.05) is 11.9 Å². The van der Waals surface area contributed by atoms with Gasteiger partial charge in [0.2, 0.25) is 5.96 Å². The lowest BCUT2D eigenvalue weighted by Gasteiger charge is -2.08. The van der Waals surface area contributed by atoms with Crippen LogP contribution in [-0.4, -0.2) is 12.5 Å². The summed E-state index contributed by atoms with van der Waals surface area (Å²) < 4.78 is 0. The zero-order valence-corrected chi connectivity index (χ0v) is 10.4. The van der Waals surface area contributed by atoms with Crippen molar-refractivity contribution in [3.63, 3.8) is 0 Å². The van der Waals surface area contributed by atoms with E-state index in [1.807, 2.05) is 30.3 Å². The van der Waals surface area contributed by atoms with Gasteiger partial charge >= 0.3 is 0 Å². The standard InChI is InChI=1S/C13H22N4/c1-2-3-4-8-11-15-13(17-14)16-12-9-6-5-7-10-12/h5-7,9-10H,2-4,8,11,14H2,1H3,(H2,15,16,17). The Bertz CT molecular complexity index is 321. The van der Waals surface area contributed by atoms with Crippen LogP contribution in [0.2, 0.25) is 0 Å². The predicted octanol–water partition coefficient (Wildman–Crippen LogP) is 2.50. The number of nitrogens with zero attached hydrogens (tertiary/aromatic N) is 1. The fraction of sp³-hybridized carbons (Fsp3) is 0.462. The lowest BCUT2D eigenvalue weighted by Crippen LogP contribution is -2.36. The Labute approximate surface area is 103 Å². The van der Waals surface area contributed by atoms with Crippen LogP contribution in [0.4, 0.5) is 5.69 Å². The molecule has 4 nitrogen and oxygen atoms in total. The molecule has 0 heterocycles. The third-order valence-electron chi connectivity index (χ3n) is 2.45. The molecule has 0 aliphatic heterocycles. The molecule has 4 N–H and O–H groups in total. The molecule has 1 aromatic carbocycles. The minimum absolute atomic E-state index is 0.618. The number of aliphatic imine (C=N–C) groups is 1. The van der Waals surface area contributed by atoms with Gasteiger partial charge in [-0.3, -0.25) is 10.4 Å². The van der Waals surface area contributed by atoms with Crippen molar-refractivity contribution in [3.8, 4) is 0 Å². The highest BCUT2D eigenvalue weighted by Crippen LogP contribution is 2.04. The summed E-state index contributed by atoms with van der Waals surface area (Å²) in [6.07, 6.45) is 4.85. The van der Waals surface area contributed by atoms with Crippen LogP contribution in [-0.2, 0) is 0 Å². The predicted molar refractivity (Wildman–Crippen MR) is 73.8 cm³/mol. The minimum atomic E-state index is 0.618. The average molecular weight is 234 g/mol. The molecule has 0 unspecified atom stereocenters. The molecule has 0 saturated carbocycles. The molecular formula is C13H22N4. The van der Waals surface area contributed by atoms with Crippen molar-refractivity contribution < 1.29 is 0 Å². The van der Waals surface area contributed by atoms with Crippen LogP contribution in [0, 0.1) is 0 Å². The minimum Gasteiger partial charge on any atom is -0.325 e. The van der Waals surface area contributed by atoms with Gasteiger partial charge in [-0.1, -0.05) is 44.4 Å². The number of anilines is 1. The van der Waals surface area contributed by atoms with Gasteiger partial charge < -0.3 is 5.32 Å². The molecule has 1 rings (SSSR count). The first-order valence-corrected chi connectivity index (χ1v) is 6.20. The van der Waals surface area contributed by atoms with Gasteiger partial charge in [-0.15, -0.1) is 0 Å². The number of unbranched alkanes of at least 4 members (excludes halogenated alkanes) is 3. The third-order valence-corrected chi connectivity index (χ3v) is 2.45. The Morgan fingerprint density at radius 1 is 1.18 bits per heavy atom. The smallest absolute Gasteiger partial charge is 0.210 e. The maximum absolute atomic E-state index is 5.42. The van der Waals surface area contributed by atoms with Crippen LogP contribution < -0.4 is 16.6 Å². The summed E-state index contributed by atoms with van der Waals surface area (Å²) in [6, 6.07) is 9.87. The van der Waals surface area contributed by atoms with Crippen LogP contribution in [0.25, 0.3) is 0 Å². The summed E-state index contributed by atoms with van der Waals surface area (Å²) >= 11 is 0. The van der Waals surface area contributed by atoms with E-state index < -0.39 is 0 Å². The lowest BCUT2D eigenvalue weighted by atomic mass is 10.2. The number of nitrogens with one attached hydrogen (secondary N) is 2. The lowest BCUT2D eigenvalue weighted by molar-refractivity contribution is 0.674. The second kappa shape index (κ2) is 8.58. The van der Waals surface area contributed by atoms with Crippen LogP contribution in [0.3, 0.4) is 0 Å². The molecule has 0 saturated heterocycles. The number of para-hydroxylation sites is 1. The fourth-order valence-corrected chi connectivity index (χ4v) is 1.51. The van der Waals surface area contributed by atoms with Gasteiger partial charge in [-0.2, -0.15) is 0 Å². The fourth-order valence-electron chi connectivity index (χ4n) is 1.51. The Balaban J connectivity index is 2.35. The third kappa shape index (κ3) is 5.92. The summed E-state index contributed by atoms with van der Waals surface area (Å²) in [6.45, 7) is 3.01. The van der Waals surface area contributed by atoms with Crippen LogP contribution >= 0.6 is 0 Å². The monoisotopic (exact) mass is 234 g/mol. The number of rotatable bonds is 6. The van der Waals surface area contributed by atoms with E-state index in [1.54, 1.807) is 0 Å². The Morgan fingerprint density at radius 2 is 1.94 bits per heavy atom. The summed E-state index contributed by atoms with van der Waals surface area (Å²) in [7, 11) is 0. The zero-order valence-electron chi connectivity index (χ0n) is 10.4. The zero-order chi connectivity index (χ0) is 12.3. The molecule has 17 heavy (non-hydrogen) atoms. The molecule has 0 spiro atoms. The number of hydrogen-bond acceptors (Lipinski definition) is 2. The summed E-state index contributed by atoms with van der Waals surface area (Å²) in [5, 5.41) is 3.13. The SMILES string of the molecule is CCCCCCN=C(NN)Nc1ccccc1. The van der Waals surface area contributed by atoms with Gasteiger partial charge in [0.1, 0.15) is 0 Å². The first-order chi connectivity index (χ1) is 8.36. The second-order valence-corrected chi connectivity index (χ2v) is 3.93. The average Bonchev–Trinajstić information content (AvgIpc) is 2.38. The first-order valence-electron chi connectivity index (χ1n) is 6.20. The molecule has 0 bridgehead atoms. The van der Waals surface area contributed by atoms with Crippen LogP contribution in [0.5, 0.6) is 0 Å². The largest absolute Gasteiger partial charge is 0.325 e. The van der Waals surface area contributed by atoms with E-state index in [-0.39, 0.29) is 0 Å². The van der Waals surface area contributed by atoms with Crippen molar-refractivity contribution in [1.82, 2.24) is 5.43 Å². The molecule has 0 aromatic heterocycles. The van der Waals surface area contributed by atoms with Crippen molar-refractivity contribution in [3.05, 3.63) is 30.3 Å². The van der Waals surface area contributed by atoms with Crippen molar-refractivity contribution in [2.45, 2.75) is 32.6 Å². The highest BCUT2D eigenvalue weighted by Gasteiger charge is 1.96. The summed E-state index contributed by atoms with van der Waals surface area (Å²) in [5.41, 5.74) is 3.56. The maximum Gasteiger partial charge on any atom is 0.210 e. The Morgan fingerprint density at radius 3 is 2.59 bits per heavy atom. The van der Waals surface area contributed by atoms with Crippen LogP contribution in [0.15, 0.2) is 35.3 Å². The van der Waals surface area contributed by atoms with E-state index in [0.29, 0.717) is 5.96 Å². The van der Waals surface area contributed by atoms with E-state index in [9.17, 15) is 0 Å². The van der Waals surface area contributed by atoms with Gasteiger partial charge in [0.15, 0.2) is 0 Å². The van der Waals surface area contributed by atoms with Gasteiger partial charge in [-0.25, -0.2) is 5.84 Å². The number of hydrogen-bond donors (Lipinski definition) is 3. The van der Waals surface area contributed by atoms with Crippen LogP contribution in [0.1, 0.15) is 32.6 Å². The first kappa shape index (κ1) is 13.5. The van der Waals surface area contributed by atoms with Crippen molar-refractivity contribution >= 4 is 11.6 Å². The normalized spacial score (nSPS) is 11.3. The van der Waals surface area contributed by atoms with Gasteiger partial charge in [0.05, 0.1) is 0 Å². The molecule has 0 aliphatic rings. The molecule has 0 fully saturated rings. The molecule has 94 valence electrons. The van der Waals surface area contributed by atoms with E-state index in [1.165, 1.54) is 19.3 Å². The van der Waals surface area contributed by atoms with Crippen molar-refractivity contribution in [1.29, 1.82) is 0 Å². The van der Waals surface area contributed by atoms with Gasteiger partial charge in [0, 0.05) is 12.2 Å². The molecule has 0 aliphatic carbocycles. The second-order valence-electron chi connectivity index (χ2n) is 3.93. The highest BCUT2D eigenvalue weighted by molar-refractivity contribution is 5.93. The molecule has 1 aromatic rings. The number of guanidine groups is 1. The number of hydrazine groups is 1. The molecule has 0 amide bonds. The number of nitrogens with two attached hydrogens (primary N) is 1. The molecule has 4 heteroatoms. The molecular weight excluding hydrogens is 212 g/mol. The van der Waals surface area contributed by atoms with Crippen molar-refractivity contribution in [2.24, 2.45) is 10.8 Å². The quantitative estimate of drug-likeness (QED) is 0.233. The molecule has 0 atom stereocenters.